The van der Waals surface area contributed by atoms with E-state index in [4.69, 9.17) is 0 Å². The number of carbonyl (C=O) groups is 2. The molecule has 1 amide bonds. The lowest BCUT2D eigenvalue weighted by Crippen LogP contribution is -2.17. The Bertz CT molecular complexity index is 946. The molecule has 0 aliphatic heterocycles. The third-order valence-corrected chi connectivity index (χ3v) is 4.19. The van der Waals surface area contributed by atoms with Crippen molar-refractivity contribution in [2.45, 2.75) is 20.8 Å². The van der Waals surface area contributed by atoms with Crippen molar-refractivity contribution >= 4 is 17.4 Å². The van der Waals surface area contributed by atoms with Crippen molar-refractivity contribution in [1.29, 1.82) is 0 Å². The minimum atomic E-state index is -0.302. The molecular formula is C19H20N4O2. The van der Waals surface area contributed by atoms with Gasteiger partial charge >= 0.3 is 0 Å². The van der Waals surface area contributed by atoms with Gasteiger partial charge in [0.2, 0.25) is 0 Å². The maximum absolute atomic E-state index is 12.9. The highest BCUT2D eigenvalue weighted by Crippen LogP contribution is 2.22. The summed E-state index contributed by atoms with van der Waals surface area (Å²) in [6, 6.07) is 11.0. The van der Waals surface area contributed by atoms with E-state index in [0.717, 1.165) is 11.4 Å². The molecule has 0 saturated carbocycles. The molecule has 0 aliphatic rings. The number of Topliss-reactive ketones (excluding diaryl/α,β-unsaturated/α-hetero) is 1. The molecule has 1 aromatic carbocycles. The second kappa shape index (κ2) is 6.39. The van der Waals surface area contributed by atoms with Gasteiger partial charge < -0.3 is 9.88 Å². The second-order valence-corrected chi connectivity index (χ2v) is 6.01. The average Bonchev–Trinajstić information content (AvgIpc) is 3.10. The molecule has 0 atom stereocenters. The molecule has 0 fully saturated rings. The lowest BCUT2D eigenvalue weighted by molar-refractivity contribution is 0.101. The van der Waals surface area contributed by atoms with Gasteiger partial charge in [-0.25, -0.2) is 0 Å². The molecule has 0 radical (unpaired) electrons. The van der Waals surface area contributed by atoms with Crippen molar-refractivity contribution in [3.8, 4) is 5.82 Å². The first-order chi connectivity index (χ1) is 11.9. The van der Waals surface area contributed by atoms with Crippen molar-refractivity contribution < 1.29 is 9.59 Å². The van der Waals surface area contributed by atoms with Crippen molar-refractivity contribution in [3.63, 3.8) is 0 Å². The number of anilines is 1. The van der Waals surface area contributed by atoms with Crippen LogP contribution < -0.4 is 5.32 Å². The van der Waals surface area contributed by atoms with Crippen LogP contribution in [0.5, 0.6) is 0 Å². The Balaban J connectivity index is 2.02. The summed E-state index contributed by atoms with van der Waals surface area (Å²) in [5.74, 6) is 0.293. The summed E-state index contributed by atoms with van der Waals surface area (Å²) in [6.45, 7) is 5.44. The van der Waals surface area contributed by atoms with Gasteiger partial charge in [0.1, 0.15) is 11.4 Å². The largest absolute Gasteiger partial charge is 0.321 e. The molecule has 0 bridgehead atoms. The number of aryl methyl sites for hydroxylation is 3. The molecule has 6 heteroatoms. The maximum Gasteiger partial charge on any atom is 0.261 e. The number of carbonyl (C=O) groups excluding carboxylic acids is 2. The summed E-state index contributed by atoms with van der Waals surface area (Å²) in [7, 11) is 1.80. The van der Waals surface area contributed by atoms with Crippen LogP contribution in [-0.4, -0.2) is 26.0 Å². The summed E-state index contributed by atoms with van der Waals surface area (Å²) < 4.78 is 3.66. The number of rotatable bonds is 4. The highest BCUT2D eigenvalue weighted by Gasteiger charge is 2.21. The highest BCUT2D eigenvalue weighted by molar-refractivity contribution is 6.10. The van der Waals surface area contributed by atoms with Crippen molar-refractivity contribution in [1.82, 2.24) is 14.3 Å². The Kier molecular flexibility index (Phi) is 4.27. The van der Waals surface area contributed by atoms with Crippen molar-refractivity contribution in [2.75, 3.05) is 5.32 Å². The van der Waals surface area contributed by atoms with Gasteiger partial charge in [0.05, 0.1) is 11.9 Å². The standard InChI is InChI=1S/C19H20N4O2/c1-12-9-10-13(2)23(12)19-16(11-20-22(19)4)18(25)21-17-8-6-5-7-15(17)14(3)24/h5-11H,1-4H3,(H,21,25). The molecule has 128 valence electrons. The fourth-order valence-electron chi connectivity index (χ4n) is 2.95. The van der Waals surface area contributed by atoms with E-state index in [0.29, 0.717) is 22.6 Å². The zero-order chi connectivity index (χ0) is 18.1. The van der Waals surface area contributed by atoms with Gasteiger partial charge in [0.15, 0.2) is 5.78 Å². The van der Waals surface area contributed by atoms with E-state index in [1.165, 1.54) is 6.92 Å². The van der Waals surface area contributed by atoms with Gasteiger partial charge in [-0.3, -0.25) is 14.3 Å². The molecule has 0 aliphatic carbocycles. The third kappa shape index (κ3) is 2.98. The quantitative estimate of drug-likeness (QED) is 0.743. The third-order valence-electron chi connectivity index (χ3n) is 4.19. The van der Waals surface area contributed by atoms with Crippen molar-refractivity contribution in [2.24, 2.45) is 7.05 Å². The minimum Gasteiger partial charge on any atom is -0.321 e. The van der Waals surface area contributed by atoms with Gasteiger partial charge in [0, 0.05) is 24.0 Å². The van der Waals surface area contributed by atoms with Crippen LogP contribution in [0.2, 0.25) is 0 Å². The van der Waals surface area contributed by atoms with Crippen LogP contribution in [0.4, 0.5) is 5.69 Å². The van der Waals surface area contributed by atoms with Gasteiger partial charge in [0.25, 0.3) is 5.91 Å². The van der Waals surface area contributed by atoms with E-state index in [2.05, 4.69) is 10.4 Å². The first kappa shape index (κ1) is 16.7. The molecule has 3 aromatic rings. The SMILES string of the molecule is CC(=O)c1ccccc1NC(=O)c1cnn(C)c1-n1c(C)ccc1C. The van der Waals surface area contributed by atoms with Gasteiger partial charge in [-0.1, -0.05) is 12.1 Å². The molecule has 25 heavy (non-hydrogen) atoms. The number of hydrogen-bond acceptors (Lipinski definition) is 3. The van der Waals surface area contributed by atoms with E-state index < -0.39 is 0 Å². The smallest absolute Gasteiger partial charge is 0.261 e. The van der Waals surface area contributed by atoms with Gasteiger partial charge in [-0.2, -0.15) is 5.10 Å². The summed E-state index contributed by atoms with van der Waals surface area (Å²) in [4.78, 5) is 24.6. The maximum atomic E-state index is 12.9. The Morgan fingerprint density at radius 2 is 1.64 bits per heavy atom. The number of nitrogens with zero attached hydrogens (tertiary/aromatic N) is 3. The second-order valence-electron chi connectivity index (χ2n) is 6.01. The Hall–Kier alpha value is -3.15. The molecule has 2 heterocycles. The van der Waals surface area contributed by atoms with Crippen LogP contribution in [0.25, 0.3) is 5.82 Å². The lowest BCUT2D eigenvalue weighted by atomic mass is 10.1. The van der Waals surface area contributed by atoms with Crippen molar-refractivity contribution in [3.05, 3.63) is 65.1 Å². The average molecular weight is 336 g/mol. The molecule has 2 aromatic heterocycles. The zero-order valence-corrected chi connectivity index (χ0v) is 14.7. The molecule has 3 rings (SSSR count). The number of para-hydroxylation sites is 1. The predicted molar refractivity (Wildman–Crippen MR) is 96.4 cm³/mol. The molecular weight excluding hydrogens is 316 g/mol. The van der Waals surface area contributed by atoms with Gasteiger partial charge in [-0.15, -0.1) is 0 Å². The fraction of sp³-hybridized carbons (Fsp3) is 0.211. The normalized spacial score (nSPS) is 10.7. The first-order valence-electron chi connectivity index (χ1n) is 7.98. The Morgan fingerprint density at radius 3 is 2.28 bits per heavy atom. The van der Waals surface area contributed by atoms with Crippen LogP contribution >= 0.6 is 0 Å². The summed E-state index contributed by atoms with van der Waals surface area (Å²) in [5.41, 5.74) is 3.45. The number of aromatic nitrogens is 3. The minimum absolute atomic E-state index is 0.0978. The number of amides is 1. The van der Waals surface area contributed by atoms with E-state index in [1.807, 2.05) is 30.5 Å². The number of hydrogen-bond donors (Lipinski definition) is 1. The Morgan fingerprint density at radius 1 is 1.00 bits per heavy atom. The number of benzene rings is 1. The first-order valence-corrected chi connectivity index (χ1v) is 7.98. The number of nitrogens with one attached hydrogen (secondary N) is 1. The molecule has 0 spiro atoms. The van der Waals surface area contributed by atoms with Crippen LogP contribution in [0.1, 0.15) is 39.0 Å². The summed E-state index contributed by atoms with van der Waals surface area (Å²) >= 11 is 0. The van der Waals surface area contributed by atoms with Crippen LogP contribution in [0.3, 0.4) is 0 Å². The van der Waals surface area contributed by atoms with E-state index in [9.17, 15) is 9.59 Å². The lowest BCUT2D eigenvalue weighted by Gasteiger charge is -2.13. The fourth-order valence-corrected chi connectivity index (χ4v) is 2.95. The summed E-state index contributed by atoms with van der Waals surface area (Å²) in [6.07, 6.45) is 1.54. The van der Waals surface area contributed by atoms with E-state index in [-0.39, 0.29) is 11.7 Å². The zero-order valence-electron chi connectivity index (χ0n) is 14.7. The predicted octanol–water partition coefficient (Wildman–Crippen LogP) is 3.28. The molecule has 6 nitrogen and oxygen atoms in total. The topological polar surface area (TPSA) is 68.9 Å². The van der Waals surface area contributed by atoms with Crippen LogP contribution in [0, 0.1) is 13.8 Å². The van der Waals surface area contributed by atoms with Gasteiger partial charge in [-0.05, 0) is 45.0 Å². The highest BCUT2D eigenvalue weighted by atomic mass is 16.2. The number of ketones is 1. The molecule has 0 unspecified atom stereocenters. The van der Waals surface area contributed by atoms with E-state index >= 15 is 0 Å². The molecule has 0 saturated heterocycles. The summed E-state index contributed by atoms with van der Waals surface area (Å²) in [5, 5.41) is 7.08. The van der Waals surface area contributed by atoms with E-state index in [1.54, 1.807) is 42.2 Å². The van der Waals surface area contributed by atoms with Crippen LogP contribution in [-0.2, 0) is 7.05 Å². The molecule has 1 N–H and O–H groups in total. The van der Waals surface area contributed by atoms with Crippen LogP contribution in [0.15, 0.2) is 42.6 Å². The monoisotopic (exact) mass is 336 g/mol. The Labute approximate surface area is 146 Å².